The summed E-state index contributed by atoms with van der Waals surface area (Å²) in [6.45, 7) is 6.82. The molecule has 0 aliphatic heterocycles. The highest BCUT2D eigenvalue weighted by Crippen LogP contribution is 2.17. The van der Waals surface area contributed by atoms with Crippen molar-refractivity contribution < 1.29 is 19.1 Å². The number of thiazole rings is 1. The second-order valence-electron chi connectivity index (χ2n) is 4.55. The third-order valence-electron chi connectivity index (χ3n) is 2.50. The number of nitrogens with one attached hydrogen (secondary N) is 1. The van der Waals surface area contributed by atoms with Crippen LogP contribution in [0, 0.1) is 0 Å². The Labute approximate surface area is 127 Å². The molecular formula is C13H19N3O4S. The second kappa shape index (κ2) is 7.72. The Kier molecular flexibility index (Phi) is 6.29. The molecule has 0 fully saturated rings. The van der Waals surface area contributed by atoms with E-state index in [1.165, 1.54) is 11.8 Å². The van der Waals surface area contributed by atoms with Crippen LogP contribution in [0.4, 0.5) is 5.13 Å². The van der Waals surface area contributed by atoms with E-state index >= 15 is 0 Å². The number of hydrogen-bond acceptors (Lipinski definition) is 6. The summed E-state index contributed by atoms with van der Waals surface area (Å²) >= 11 is 1.16. The highest BCUT2D eigenvalue weighted by atomic mass is 32.1. The van der Waals surface area contributed by atoms with Gasteiger partial charge in [0.15, 0.2) is 5.13 Å². The smallest absolute Gasteiger partial charge is 0.325 e. The van der Waals surface area contributed by atoms with Crippen molar-refractivity contribution in [1.29, 1.82) is 0 Å². The van der Waals surface area contributed by atoms with Crippen LogP contribution in [0.1, 0.15) is 38.2 Å². The Morgan fingerprint density at radius 1 is 1.43 bits per heavy atom. The molecule has 0 saturated heterocycles. The molecule has 1 N–H and O–H groups in total. The lowest BCUT2D eigenvalue weighted by molar-refractivity contribution is -0.144. The number of anilines is 1. The fourth-order valence-electron chi connectivity index (χ4n) is 1.56. The molecule has 0 bridgehead atoms. The molecule has 1 aromatic heterocycles. The summed E-state index contributed by atoms with van der Waals surface area (Å²) < 4.78 is 4.86. The van der Waals surface area contributed by atoms with Crippen molar-refractivity contribution in [3.05, 3.63) is 11.1 Å². The van der Waals surface area contributed by atoms with Gasteiger partial charge in [-0.2, -0.15) is 0 Å². The SMILES string of the molecule is CCOC(=O)CN(C(=O)c1csc(NC(C)=O)n1)C(C)C. The zero-order chi connectivity index (χ0) is 16.0. The number of carbonyl (C=O) groups excluding carboxylic acids is 3. The van der Waals surface area contributed by atoms with Crippen molar-refractivity contribution in [2.75, 3.05) is 18.5 Å². The summed E-state index contributed by atoms with van der Waals surface area (Å²) in [6.07, 6.45) is 0. The fraction of sp³-hybridized carbons (Fsp3) is 0.538. The molecule has 0 unspecified atom stereocenters. The number of rotatable bonds is 6. The largest absolute Gasteiger partial charge is 0.465 e. The van der Waals surface area contributed by atoms with Gasteiger partial charge in [0, 0.05) is 18.3 Å². The number of carbonyl (C=O) groups is 3. The molecule has 8 heteroatoms. The number of esters is 1. The normalized spacial score (nSPS) is 10.3. The molecule has 0 aliphatic rings. The van der Waals surface area contributed by atoms with Crippen molar-refractivity contribution in [2.24, 2.45) is 0 Å². The maximum atomic E-state index is 12.4. The molecule has 7 nitrogen and oxygen atoms in total. The third-order valence-corrected chi connectivity index (χ3v) is 3.25. The van der Waals surface area contributed by atoms with Crippen LogP contribution in [0.3, 0.4) is 0 Å². The Bertz CT molecular complexity index is 527. The number of ether oxygens (including phenoxy) is 1. The van der Waals surface area contributed by atoms with E-state index in [0.29, 0.717) is 5.13 Å². The van der Waals surface area contributed by atoms with Gasteiger partial charge in [0.1, 0.15) is 12.2 Å². The fourth-order valence-corrected chi connectivity index (χ4v) is 2.29. The van der Waals surface area contributed by atoms with E-state index in [1.54, 1.807) is 26.2 Å². The van der Waals surface area contributed by atoms with Gasteiger partial charge in [-0.05, 0) is 20.8 Å². The molecule has 0 aliphatic carbocycles. The minimum atomic E-state index is -0.461. The predicted molar refractivity (Wildman–Crippen MR) is 79.2 cm³/mol. The molecule has 2 amide bonds. The minimum Gasteiger partial charge on any atom is -0.465 e. The summed E-state index contributed by atoms with van der Waals surface area (Å²) in [5, 5.41) is 4.42. The lowest BCUT2D eigenvalue weighted by Crippen LogP contribution is -2.41. The molecule has 1 rings (SSSR count). The molecular weight excluding hydrogens is 294 g/mol. The second-order valence-corrected chi connectivity index (χ2v) is 5.41. The lowest BCUT2D eigenvalue weighted by Gasteiger charge is -2.24. The van der Waals surface area contributed by atoms with Crippen LogP contribution < -0.4 is 5.32 Å². The molecule has 1 heterocycles. The van der Waals surface area contributed by atoms with Gasteiger partial charge in [0.05, 0.1) is 6.61 Å². The zero-order valence-corrected chi connectivity index (χ0v) is 13.3. The molecule has 0 atom stereocenters. The van der Waals surface area contributed by atoms with Gasteiger partial charge >= 0.3 is 5.97 Å². The van der Waals surface area contributed by atoms with E-state index < -0.39 is 5.97 Å². The average molecular weight is 313 g/mol. The van der Waals surface area contributed by atoms with Crippen molar-refractivity contribution in [2.45, 2.75) is 33.7 Å². The molecule has 0 saturated carbocycles. The average Bonchev–Trinajstić information content (AvgIpc) is 2.82. The van der Waals surface area contributed by atoms with Gasteiger partial charge in [-0.1, -0.05) is 0 Å². The molecule has 1 aromatic rings. The summed E-state index contributed by atoms with van der Waals surface area (Å²) in [7, 11) is 0. The first-order valence-corrected chi connectivity index (χ1v) is 7.42. The summed E-state index contributed by atoms with van der Waals surface area (Å²) in [5.74, 6) is -1.08. The highest BCUT2D eigenvalue weighted by Gasteiger charge is 2.24. The molecule has 21 heavy (non-hydrogen) atoms. The molecule has 0 aromatic carbocycles. The van der Waals surface area contributed by atoms with Crippen LogP contribution in [0.25, 0.3) is 0 Å². The maximum Gasteiger partial charge on any atom is 0.325 e. The van der Waals surface area contributed by atoms with E-state index in [-0.39, 0.29) is 36.7 Å². The maximum absolute atomic E-state index is 12.4. The summed E-state index contributed by atoms with van der Waals surface area (Å²) in [4.78, 5) is 40.3. The van der Waals surface area contributed by atoms with Gasteiger partial charge in [-0.3, -0.25) is 14.4 Å². The number of amides is 2. The third kappa shape index (κ3) is 5.14. The number of hydrogen-bond donors (Lipinski definition) is 1. The molecule has 0 radical (unpaired) electrons. The zero-order valence-electron chi connectivity index (χ0n) is 12.5. The summed E-state index contributed by atoms with van der Waals surface area (Å²) in [6, 6.07) is -0.173. The minimum absolute atomic E-state index is 0.128. The van der Waals surface area contributed by atoms with Gasteiger partial charge in [0.25, 0.3) is 5.91 Å². The Morgan fingerprint density at radius 2 is 2.10 bits per heavy atom. The van der Waals surface area contributed by atoms with Crippen molar-refractivity contribution >= 4 is 34.3 Å². The standard InChI is InChI=1S/C13H19N3O4S/c1-5-20-11(18)6-16(8(2)3)12(19)10-7-21-13(15-10)14-9(4)17/h7-8H,5-6H2,1-4H3,(H,14,15,17). The number of nitrogens with zero attached hydrogens (tertiary/aromatic N) is 2. The monoisotopic (exact) mass is 313 g/mol. The van der Waals surface area contributed by atoms with Crippen LogP contribution in [-0.2, 0) is 14.3 Å². The Hall–Kier alpha value is -1.96. The van der Waals surface area contributed by atoms with Crippen LogP contribution >= 0.6 is 11.3 Å². The highest BCUT2D eigenvalue weighted by molar-refractivity contribution is 7.14. The van der Waals surface area contributed by atoms with Crippen molar-refractivity contribution in [1.82, 2.24) is 9.88 Å². The summed E-state index contributed by atoms with van der Waals surface area (Å²) in [5.41, 5.74) is 0.196. The van der Waals surface area contributed by atoms with Gasteiger partial charge in [-0.25, -0.2) is 4.98 Å². The first-order valence-electron chi connectivity index (χ1n) is 6.54. The molecule has 116 valence electrons. The quantitative estimate of drug-likeness (QED) is 0.804. The Balaban J connectivity index is 2.83. The van der Waals surface area contributed by atoms with Gasteiger partial charge in [-0.15, -0.1) is 11.3 Å². The van der Waals surface area contributed by atoms with E-state index in [9.17, 15) is 14.4 Å². The topological polar surface area (TPSA) is 88.6 Å². The van der Waals surface area contributed by atoms with Crippen LogP contribution in [0.5, 0.6) is 0 Å². The van der Waals surface area contributed by atoms with Crippen molar-refractivity contribution in [3.63, 3.8) is 0 Å². The molecule has 0 spiro atoms. The number of aromatic nitrogens is 1. The first-order chi connectivity index (χ1) is 9.85. The van der Waals surface area contributed by atoms with Crippen LogP contribution in [0.15, 0.2) is 5.38 Å². The predicted octanol–water partition coefficient (Wildman–Crippen LogP) is 1.52. The van der Waals surface area contributed by atoms with Crippen LogP contribution in [-0.4, -0.2) is 46.9 Å². The van der Waals surface area contributed by atoms with E-state index in [0.717, 1.165) is 11.3 Å². The van der Waals surface area contributed by atoms with Crippen molar-refractivity contribution in [3.8, 4) is 0 Å². The van der Waals surface area contributed by atoms with Crippen LogP contribution in [0.2, 0.25) is 0 Å². The van der Waals surface area contributed by atoms with E-state index in [1.807, 2.05) is 0 Å². The van der Waals surface area contributed by atoms with E-state index in [2.05, 4.69) is 10.3 Å². The van der Waals surface area contributed by atoms with Gasteiger partial charge < -0.3 is 15.0 Å². The first kappa shape index (κ1) is 17.1. The lowest BCUT2D eigenvalue weighted by atomic mass is 10.3. The van der Waals surface area contributed by atoms with E-state index in [4.69, 9.17) is 4.74 Å². The van der Waals surface area contributed by atoms with Gasteiger partial charge in [0.2, 0.25) is 5.91 Å². The Morgan fingerprint density at radius 3 is 2.62 bits per heavy atom.